The van der Waals surface area contributed by atoms with Gasteiger partial charge in [0.25, 0.3) is 0 Å². The van der Waals surface area contributed by atoms with Crippen LogP contribution in [0.1, 0.15) is 16.8 Å². The largest absolute Gasteiger partial charge is 0.472 e. The second kappa shape index (κ2) is 4.26. The lowest BCUT2D eigenvalue weighted by Crippen LogP contribution is -1.94. The second-order valence-electron chi connectivity index (χ2n) is 3.80. The van der Waals surface area contributed by atoms with Crippen molar-refractivity contribution in [1.82, 2.24) is 4.98 Å². The van der Waals surface area contributed by atoms with Gasteiger partial charge in [0, 0.05) is 12.0 Å². The number of benzene rings is 1. The Morgan fingerprint density at radius 3 is 2.88 bits per heavy atom. The summed E-state index contributed by atoms with van der Waals surface area (Å²) < 4.78 is 10.6. The number of oxazole rings is 1. The maximum absolute atomic E-state index is 6.25. The number of halogens is 1. The minimum Gasteiger partial charge on any atom is -0.472 e. The average Bonchev–Trinajstić information content (AvgIpc) is 2.97. The predicted molar refractivity (Wildman–Crippen MR) is 65.0 cm³/mol. The molecule has 0 aliphatic heterocycles. The summed E-state index contributed by atoms with van der Waals surface area (Å²) in [5.74, 6) is 0.646. The van der Waals surface area contributed by atoms with Crippen LogP contribution in [0.15, 0.2) is 51.7 Å². The van der Waals surface area contributed by atoms with Gasteiger partial charge in [0.15, 0.2) is 11.5 Å². The van der Waals surface area contributed by atoms with Gasteiger partial charge in [-0.25, -0.2) is 4.98 Å². The second-order valence-corrected chi connectivity index (χ2v) is 4.33. The van der Waals surface area contributed by atoms with Crippen molar-refractivity contribution in [3.63, 3.8) is 0 Å². The van der Waals surface area contributed by atoms with Gasteiger partial charge in [0.1, 0.15) is 5.52 Å². The monoisotopic (exact) mass is 247 g/mol. The first kappa shape index (κ1) is 10.4. The highest BCUT2D eigenvalue weighted by Crippen LogP contribution is 2.26. The van der Waals surface area contributed by atoms with Crippen LogP contribution >= 0.6 is 11.6 Å². The number of alkyl halides is 1. The molecule has 3 rings (SSSR count). The van der Waals surface area contributed by atoms with E-state index in [-0.39, 0.29) is 5.38 Å². The number of hydrogen-bond acceptors (Lipinski definition) is 3. The summed E-state index contributed by atoms with van der Waals surface area (Å²) in [6.45, 7) is 0. The molecule has 1 atom stereocenters. The van der Waals surface area contributed by atoms with Crippen LogP contribution in [0.2, 0.25) is 0 Å². The molecule has 3 nitrogen and oxygen atoms in total. The standard InChI is InChI=1S/C13H10ClNO2/c14-10(9-5-6-16-8-9)7-13-15-11-3-1-2-4-12(11)17-13/h1-6,8,10H,7H2. The minimum atomic E-state index is -0.179. The highest BCUT2D eigenvalue weighted by molar-refractivity contribution is 6.20. The first-order chi connectivity index (χ1) is 8.33. The van der Waals surface area contributed by atoms with E-state index in [1.54, 1.807) is 12.5 Å². The summed E-state index contributed by atoms with van der Waals surface area (Å²) in [6, 6.07) is 9.52. The molecule has 17 heavy (non-hydrogen) atoms. The van der Waals surface area contributed by atoms with Crippen molar-refractivity contribution in [3.05, 3.63) is 54.3 Å². The molecule has 1 unspecified atom stereocenters. The number of aromatic nitrogens is 1. The van der Waals surface area contributed by atoms with Crippen LogP contribution in [0, 0.1) is 0 Å². The SMILES string of the molecule is ClC(Cc1nc2ccccc2o1)c1ccoc1. The van der Waals surface area contributed by atoms with E-state index in [4.69, 9.17) is 20.4 Å². The third-order valence-electron chi connectivity index (χ3n) is 2.60. The van der Waals surface area contributed by atoms with Gasteiger partial charge in [-0.15, -0.1) is 11.6 Å². The zero-order chi connectivity index (χ0) is 11.7. The van der Waals surface area contributed by atoms with E-state index in [9.17, 15) is 0 Å². The van der Waals surface area contributed by atoms with E-state index < -0.39 is 0 Å². The number of fused-ring (bicyclic) bond motifs is 1. The van der Waals surface area contributed by atoms with Gasteiger partial charge in [0.05, 0.1) is 17.9 Å². The Labute approximate surface area is 103 Å². The van der Waals surface area contributed by atoms with Crippen molar-refractivity contribution in [2.75, 3.05) is 0 Å². The maximum atomic E-state index is 6.25. The fourth-order valence-corrected chi connectivity index (χ4v) is 1.99. The van der Waals surface area contributed by atoms with Crippen molar-refractivity contribution in [1.29, 1.82) is 0 Å². The van der Waals surface area contributed by atoms with E-state index >= 15 is 0 Å². The third-order valence-corrected chi connectivity index (χ3v) is 3.00. The maximum Gasteiger partial charge on any atom is 0.197 e. The molecule has 0 radical (unpaired) electrons. The summed E-state index contributed by atoms with van der Waals surface area (Å²) in [7, 11) is 0. The zero-order valence-electron chi connectivity index (χ0n) is 8.97. The van der Waals surface area contributed by atoms with E-state index in [0.717, 1.165) is 16.7 Å². The highest BCUT2D eigenvalue weighted by Gasteiger charge is 2.14. The molecule has 3 aromatic rings. The molecule has 0 aliphatic rings. The van der Waals surface area contributed by atoms with Crippen LogP contribution in [-0.2, 0) is 6.42 Å². The predicted octanol–water partition coefficient (Wildman–Crippen LogP) is 3.94. The van der Waals surface area contributed by atoms with Gasteiger partial charge < -0.3 is 8.83 Å². The van der Waals surface area contributed by atoms with Crippen molar-refractivity contribution < 1.29 is 8.83 Å². The summed E-state index contributed by atoms with van der Waals surface area (Å²) in [6.07, 6.45) is 3.80. The molecule has 0 bridgehead atoms. The van der Waals surface area contributed by atoms with Crippen LogP contribution in [0.3, 0.4) is 0 Å². The summed E-state index contributed by atoms with van der Waals surface area (Å²) in [4.78, 5) is 4.38. The van der Waals surface area contributed by atoms with Gasteiger partial charge in [-0.3, -0.25) is 0 Å². The molecular weight excluding hydrogens is 238 g/mol. The van der Waals surface area contributed by atoms with Crippen LogP contribution in [0.4, 0.5) is 0 Å². The molecule has 2 heterocycles. The van der Waals surface area contributed by atoms with Crippen LogP contribution in [0.25, 0.3) is 11.1 Å². The van der Waals surface area contributed by atoms with Gasteiger partial charge in [-0.1, -0.05) is 12.1 Å². The van der Waals surface area contributed by atoms with Gasteiger partial charge >= 0.3 is 0 Å². The fraction of sp³-hybridized carbons (Fsp3) is 0.154. The van der Waals surface area contributed by atoms with E-state index in [1.807, 2.05) is 30.3 Å². The van der Waals surface area contributed by atoms with Crippen LogP contribution in [-0.4, -0.2) is 4.98 Å². The number of para-hydroxylation sites is 2. The molecular formula is C13H10ClNO2. The lowest BCUT2D eigenvalue weighted by atomic mass is 10.2. The summed E-state index contributed by atoms with van der Waals surface area (Å²) in [5, 5.41) is -0.179. The number of nitrogens with zero attached hydrogens (tertiary/aromatic N) is 1. The lowest BCUT2D eigenvalue weighted by Gasteiger charge is -2.02. The molecule has 0 saturated heterocycles. The molecule has 0 amide bonds. The Kier molecular flexibility index (Phi) is 2.61. The van der Waals surface area contributed by atoms with E-state index in [0.29, 0.717) is 12.3 Å². The Balaban J connectivity index is 1.85. The zero-order valence-corrected chi connectivity index (χ0v) is 9.72. The average molecular weight is 248 g/mol. The Morgan fingerprint density at radius 2 is 2.12 bits per heavy atom. The van der Waals surface area contributed by atoms with E-state index in [1.165, 1.54) is 0 Å². The molecule has 4 heteroatoms. The molecule has 0 saturated carbocycles. The molecule has 0 spiro atoms. The topological polar surface area (TPSA) is 39.2 Å². The Morgan fingerprint density at radius 1 is 1.24 bits per heavy atom. The molecule has 86 valence electrons. The Bertz CT molecular complexity index is 582. The van der Waals surface area contributed by atoms with Crippen molar-refractivity contribution in [2.24, 2.45) is 0 Å². The van der Waals surface area contributed by atoms with Gasteiger partial charge in [0.2, 0.25) is 0 Å². The molecule has 2 aromatic heterocycles. The minimum absolute atomic E-state index is 0.179. The fourth-order valence-electron chi connectivity index (χ4n) is 1.73. The quantitative estimate of drug-likeness (QED) is 0.658. The summed E-state index contributed by atoms with van der Waals surface area (Å²) in [5.41, 5.74) is 2.59. The third kappa shape index (κ3) is 2.06. The first-order valence-electron chi connectivity index (χ1n) is 5.33. The van der Waals surface area contributed by atoms with Crippen molar-refractivity contribution in [2.45, 2.75) is 11.8 Å². The summed E-state index contributed by atoms with van der Waals surface area (Å²) >= 11 is 6.25. The van der Waals surface area contributed by atoms with Gasteiger partial charge in [-0.2, -0.15) is 0 Å². The molecule has 0 fully saturated rings. The van der Waals surface area contributed by atoms with Crippen molar-refractivity contribution in [3.8, 4) is 0 Å². The highest BCUT2D eigenvalue weighted by atomic mass is 35.5. The number of rotatable bonds is 3. The smallest absolute Gasteiger partial charge is 0.197 e. The lowest BCUT2D eigenvalue weighted by molar-refractivity contribution is 0.522. The number of hydrogen-bond donors (Lipinski definition) is 0. The molecule has 0 N–H and O–H groups in total. The van der Waals surface area contributed by atoms with Crippen LogP contribution < -0.4 is 0 Å². The normalized spacial score (nSPS) is 13.0. The van der Waals surface area contributed by atoms with Crippen molar-refractivity contribution >= 4 is 22.7 Å². The van der Waals surface area contributed by atoms with Crippen LogP contribution in [0.5, 0.6) is 0 Å². The molecule has 1 aromatic carbocycles. The molecule has 0 aliphatic carbocycles. The number of furan rings is 1. The van der Waals surface area contributed by atoms with E-state index in [2.05, 4.69) is 4.98 Å². The van der Waals surface area contributed by atoms with Gasteiger partial charge in [-0.05, 0) is 18.2 Å². The first-order valence-corrected chi connectivity index (χ1v) is 5.77. The Hall–Kier alpha value is -1.74.